The van der Waals surface area contributed by atoms with Gasteiger partial charge in [0.05, 0.1) is 5.75 Å². The Morgan fingerprint density at radius 1 is 1.00 bits per heavy atom. The van der Waals surface area contributed by atoms with Crippen LogP contribution in [0.1, 0.15) is 46.0 Å². The van der Waals surface area contributed by atoms with Gasteiger partial charge in [0.2, 0.25) is 9.05 Å². The van der Waals surface area contributed by atoms with Crippen LogP contribution >= 0.6 is 10.7 Å². The summed E-state index contributed by atoms with van der Waals surface area (Å²) >= 11 is 0. The molecule has 0 unspecified atom stereocenters. The van der Waals surface area contributed by atoms with Crippen molar-refractivity contribution in [1.82, 2.24) is 0 Å². The Morgan fingerprint density at radius 3 is 1.83 bits per heavy atom. The van der Waals surface area contributed by atoms with Crippen LogP contribution in [0.15, 0.2) is 0 Å². The molecule has 0 aromatic rings. The van der Waals surface area contributed by atoms with E-state index in [-0.39, 0.29) is 11.2 Å². The van der Waals surface area contributed by atoms with Gasteiger partial charge in [0.15, 0.2) is 0 Å². The number of hydrogen-bond acceptors (Lipinski definition) is 2. The number of halogens is 1. The molecule has 4 bridgehead atoms. The van der Waals surface area contributed by atoms with Crippen LogP contribution in [0.5, 0.6) is 0 Å². The van der Waals surface area contributed by atoms with Crippen molar-refractivity contribution in [2.45, 2.75) is 46.0 Å². The molecular formula is C14H23ClO2S. The highest BCUT2D eigenvalue weighted by Gasteiger charge is 2.53. The molecule has 4 aliphatic carbocycles. The van der Waals surface area contributed by atoms with Gasteiger partial charge in [0, 0.05) is 10.7 Å². The van der Waals surface area contributed by atoms with Gasteiger partial charge in [-0.3, -0.25) is 0 Å². The van der Waals surface area contributed by atoms with Gasteiger partial charge >= 0.3 is 0 Å². The molecule has 2 nitrogen and oxygen atoms in total. The van der Waals surface area contributed by atoms with Crippen LogP contribution in [0.25, 0.3) is 0 Å². The quantitative estimate of drug-likeness (QED) is 0.744. The van der Waals surface area contributed by atoms with E-state index in [0.717, 1.165) is 23.7 Å². The van der Waals surface area contributed by atoms with Crippen molar-refractivity contribution in [2.24, 2.45) is 35.0 Å². The highest BCUT2D eigenvalue weighted by molar-refractivity contribution is 8.13. The van der Waals surface area contributed by atoms with Gasteiger partial charge < -0.3 is 0 Å². The molecule has 4 aliphatic rings. The molecule has 0 N–H and O–H groups in total. The first-order chi connectivity index (χ1) is 8.24. The van der Waals surface area contributed by atoms with E-state index < -0.39 is 9.05 Å². The van der Waals surface area contributed by atoms with Crippen LogP contribution in [-0.4, -0.2) is 14.2 Å². The second-order valence-electron chi connectivity index (χ2n) is 7.63. The lowest BCUT2D eigenvalue weighted by molar-refractivity contribution is -0.0800. The molecule has 4 heteroatoms. The van der Waals surface area contributed by atoms with E-state index in [1.165, 1.54) is 32.1 Å². The van der Waals surface area contributed by atoms with Gasteiger partial charge in [0.25, 0.3) is 0 Å². The predicted octanol–water partition coefficient (Wildman–Crippen LogP) is 3.65. The monoisotopic (exact) mass is 290 g/mol. The van der Waals surface area contributed by atoms with Crippen LogP contribution < -0.4 is 0 Å². The Bertz CT molecular complexity index is 413. The predicted molar refractivity (Wildman–Crippen MR) is 74.0 cm³/mol. The highest BCUT2D eigenvalue weighted by atomic mass is 35.7. The van der Waals surface area contributed by atoms with E-state index in [1.54, 1.807) is 0 Å². The largest absolute Gasteiger partial charge is 0.233 e. The number of hydrogen-bond donors (Lipinski definition) is 0. The van der Waals surface area contributed by atoms with E-state index in [1.807, 2.05) is 0 Å². The molecule has 104 valence electrons. The first kappa shape index (κ1) is 13.2. The van der Waals surface area contributed by atoms with Crippen molar-refractivity contribution in [2.75, 3.05) is 5.75 Å². The second kappa shape index (κ2) is 4.12. The van der Waals surface area contributed by atoms with E-state index in [2.05, 4.69) is 13.8 Å². The van der Waals surface area contributed by atoms with E-state index >= 15 is 0 Å². The summed E-state index contributed by atoms with van der Waals surface area (Å²) in [6, 6.07) is 0. The van der Waals surface area contributed by atoms with Gasteiger partial charge in [-0.1, -0.05) is 13.8 Å². The standard InChI is InChI=1S/C14H23ClO2S/c1-14(2,8-18(15,16)17)13-11-4-9-3-10(6-11)7-12(13)5-9/h9-13H,3-8H2,1-2H3. The fourth-order valence-corrected chi connectivity index (χ4v) is 7.67. The van der Waals surface area contributed by atoms with Crippen LogP contribution in [0, 0.1) is 35.0 Å². The average Bonchev–Trinajstić information content (AvgIpc) is 2.09. The Morgan fingerprint density at radius 2 is 1.44 bits per heavy atom. The fourth-order valence-electron chi connectivity index (χ4n) is 5.74. The van der Waals surface area contributed by atoms with Gasteiger partial charge in [-0.25, -0.2) is 8.42 Å². The fraction of sp³-hybridized carbons (Fsp3) is 1.00. The van der Waals surface area contributed by atoms with Crippen molar-refractivity contribution in [1.29, 1.82) is 0 Å². The maximum atomic E-state index is 11.4. The SMILES string of the molecule is CC(C)(CS(=O)(=O)Cl)C1C2CC3CC(C2)CC1C3. The third-order valence-electron chi connectivity index (χ3n) is 5.67. The summed E-state index contributed by atoms with van der Waals surface area (Å²) in [6.07, 6.45) is 6.79. The lowest BCUT2D eigenvalue weighted by Gasteiger charge is -2.58. The summed E-state index contributed by atoms with van der Waals surface area (Å²) in [5, 5.41) is 0. The third kappa shape index (κ3) is 2.33. The molecule has 18 heavy (non-hydrogen) atoms. The smallest absolute Gasteiger partial charge is 0.212 e. The molecule has 0 radical (unpaired) electrons. The summed E-state index contributed by atoms with van der Waals surface area (Å²) in [7, 11) is 2.11. The second-order valence-corrected chi connectivity index (χ2v) is 10.4. The number of rotatable bonds is 3. The van der Waals surface area contributed by atoms with Crippen molar-refractivity contribution in [3.8, 4) is 0 Å². The molecule has 0 aliphatic heterocycles. The van der Waals surface area contributed by atoms with Crippen LogP contribution in [0.3, 0.4) is 0 Å². The first-order valence-corrected chi connectivity index (χ1v) is 9.65. The molecule has 0 aromatic carbocycles. The van der Waals surface area contributed by atoms with E-state index in [9.17, 15) is 8.42 Å². The topological polar surface area (TPSA) is 34.1 Å². The van der Waals surface area contributed by atoms with Crippen LogP contribution in [-0.2, 0) is 9.05 Å². The average molecular weight is 291 g/mol. The summed E-state index contributed by atoms with van der Waals surface area (Å²) in [5.41, 5.74) is -0.163. The Hall–Kier alpha value is 0.240. The zero-order valence-electron chi connectivity index (χ0n) is 11.2. The van der Waals surface area contributed by atoms with E-state index in [0.29, 0.717) is 5.92 Å². The van der Waals surface area contributed by atoms with Crippen molar-refractivity contribution >= 4 is 19.7 Å². The summed E-state index contributed by atoms with van der Waals surface area (Å²) in [6.45, 7) is 4.22. The molecule has 0 spiro atoms. The Balaban J connectivity index is 1.84. The molecule has 4 rings (SSSR count). The lowest BCUT2D eigenvalue weighted by atomic mass is 9.47. The first-order valence-electron chi connectivity index (χ1n) is 7.17. The van der Waals surface area contributed by atoms with Gasteiger partial charge in [-0.2, -0.15) is 0 Å². The zero-order valence-corrected chi connectivity index (χ0v) is 12.8. The summed E-state index contributed by atoms with van der Waals surface area (Å²) in [4.78, 5) is 0. The maximum absolute atomic E-state index is 11.4. The van der Waals surface area contributed by atoms with Gasteiger partial charge in [-0.15, -0.1) is 0 Å². The highest BCUT2D eigenvalue weighted by Crippen LogP contribution is 2.60. The molecule has 0 saturated heterocycles. The summed E-state index contributed by atoms with van der Waals surface area (Å²) in [5.74, 6) is 4.09. The Labute approximate surface area is 115 Å². The molecule has 4 fully saturated rings. The van der Waals surface area contributed by atoms with Crippen molar-refractivity contribution in [3.63, 3.8) is 0 Å². The molecule has 4 saturated carbocycles. The normalized spacial score (nSPS) is 43.4. The third-order valence-corrected chi connectivity index (χ3v) is 7.09. The van der Waals surface area contributed by atoms with Gasteiger partial charge in [0.1, 0.15) is 0 Å². The maximum Gasteiger partial charge on any atom is 0.233 e. The minimum absolute atomic E-state index is 0.133. The van der Waals surface area contributed by atoms with Crippen LogP contribution in [0.4, 0.5) is 0 Å². The van der Waals surface area contributed by atoms with E-state index in [4.69, 9.17) is 10.7 Å². The minimum Gasteiger partial charge on any atom is -0.212 e. The Kier molecular flexibility index (Phi) is 3.03. The molecule has 0 aromatic heterocycles. The minimum atomic E-state index is -3.39. The van der Waals surface area contributed by atoms with Gasteiger partial charge in [-0.05, 0) is 67.1 Å². The zero-order chi connectivity index (χ0) is 13.1. The van der Waals surface area contributed by atoms with Crippen molar-refractivity contribution in [3.05, 3.63) is 0 Å². The molecule has 0 amide bonds. The van der Waals surface area contributed by atoms with Crippen molar-refractivity contribution < 1.29 is 8.42 Å². The molecule has 0 heterocycles. The molecule has 0 atom stereocenters. The summed E-state index contributed by atoms with van der Waals surface area (Å²) < 4.78 is 22.9. The molecular weight excluding hydrogens is 268 g/mol. The van der Waals surface area contributed by atoms with Crippen LogP contribution in [0.2, 0.25) is 0 Å². The lowest BCUT2D eigenvalue weighted by Crippen LogP contribution is -2.51.